The Bertz CT molecular complexity index is 467. The lowest BCUT2D eigenvalue weighted by molar-refractivity contribution is 0.707. The zero-order chi connectivity index (χ0) is 11.4. The van der Waals surface area contributed by atoms with Crippen LogP contribution in [0.2, 0.25) is 0 Å². The average Bonchev–Trinajstić information content (AvgIpc) is 2.35. The van der Waals surface area contributed by atoms with Crippen LogP contribution in [0.1, 0.15) is 18.0 Å². The van der Waals surface area contributed by atoms with Crippen molar-refractivity contribution >= 4 is 22.5 Å². The molecule has 2 aromatic rings. The van der Waals surface area contributed by atoms with Gasteiger partial charge in [0.15, 0.2) is 0 Å². The van der Waals surface area contributed by atoms with Gasteiger partial charge < -0.3 is 5.73 Å². The number of fused-ring (bicyclic) bond motifs is 1. The third-order valence-electron chi connectivity index (χ3n) is 2.83. The van der Waals surface area contributed by atoms with Crippen LogP contribution in [-0.2, 0) is 0 Å². The molecule has 2 rings (SSSR count). The predicted octanol–water partition coefficient (Wildman–Crippen LogP) is 3.59. The van der Waals surface area contributed by atoms with E-state index in [0.29, 0.717) is 0 Å². The van der Waals surface area contributed by atoms with E-state index in [2.05, 4.69) is 48.7 Å². The Morgan fingerprint density at radius 1 is 1.12 bits per heavy atom. The van der Waals surface area contributed by atoms with Crippen molar-refractivity contribution in [3.63, 3.8) is 0 Å². The smallest absolute Gasteiger partial charge is 0.0302 e. The molecule has 0 heterocycles. The Kier molecular flexibility index (Phi) is 3.86. The summed E-state index contributed by atoms with van der Waals surface area (Å²) in [6.07, 6.45) is 3.16. The van der Waals surface area contributed by atoms with Crippen LogP contribution in [0, 0.1) is 0 Å². The number of rotatable bonds is 4. The maximum absolute atomic E-state index is 6.16. The zero-order valence-corrected chi connectivity index (χ0v) is 10.3. The van der Waals surface area contributed by atoms with Crippen molar-refractivity contribution in [1.29, 1.82) is 0 Å². The van der Waals surface area contributed by atoms with Gasteiger partial charge in [-0.3, -0.25) is 0 Å². The molecule has 0 amide bonds. The molecule has 0 saturated carbocycles. The topological polar surface area (TPSA) is 26.0 Å². The van der Waals surface area contributed by atoms with Gasteiger partial charge in [0, 0.05) is 6.04 Å². The van der Waals surface area contributed by atoms with E-state index in [1.807, 2.05) is 11.8 Å². The Hall–Kier alpha value is -0.990. The highest BCUT2D eigenvalue weighted by Crippen LogP contribution is 2.21. The molecule has 1 unspecified atom stereocenters. The van der Waals surface area contributed by atoms with E-state index in [1.165, 1.54) is 16.3 Å². The fourth-order valence-electron chi connectivity index (χ4n) is 1.85. The Morgan fingerprint density at radius 2 is 1.88 bits per heavy atom. The van der Waals surface area contributed by atoms with E-state index in [0.717, 1.165) is 12.2 Å². The molecule has 2 aromatic carbocycles. The van der Waals surface area contributed by atoms with Crippen LogP contribution in [0.5, 0.6) is 0 Å². The first kappa shape index (κ1) is 11.5. The average molecular weight is 231 g/mol. The molecular formula is C14H17NS. The monoisotopic (exact) mass is 231 g/mol. The molecule has 84 valence electrons. The quantitative estimate of drug-likeness (QED) is 0.870. The molecule has 2 heteroatoms. The summed E-state index contributed by atoms with van der Waals surface area (Å²) in [5.41, 5.74) is 7.40. The van der Waals surface area contributed by atoms with E-state index in [-0.39, 0.29) is 6.04 Å². The van der Waals surface area contributed by atoms with Crippen LogP contribution >= 0.6 is 11.8 Å². The molecule has 0 aliphatic rings. The van der Waals surface area contributed by atoms with Crippen LogP contribution in [-0.4, -0.2) is 12.0 Å². The molecule has 0 aromatic heterocycles. The Morgan fingerprint density at radius 3 is 2.62 bits per heavy atom. The maximum atomic E-state index is 6.16. The van der Waals surface area contributed by atoms with Crippen LogP contribution in [0.3, 0.4) is 0 Å². The molecule has 0 saturated heterocycles. The molecule has 0 fully saturated rings. The second-order valence-corrected chi connectivity index (χ2v) is 4.98. The van der Waals surface area contributed by atoms with Crippen LogP contribution in [0.25, 0.3) is 10.8 Å². The minimum absolute atomic E-state index is 0.164. The van der Waals surface area contributed by atoms with Crippen LogP contribution in [0.4, 0.5) is 0 Å². The van der Waals surface area contributed by atoms with Gasteiger partial charge in [-0.1, -0.05) is 36.4 Å². The van der Waals surface area contributed by atoms with Crippen molar-refractivity contribution in [2.45, 2.75) is 12.5 Å². The highest BCUT2D eigenvalue weighted by molar-refractivity contribution is 7.98. The van der Waals surface area contributed by atoms with Gasteiger partial charge in [0.2, 0.25) is 0 Å². The fourth-order valence-corrected chi connectivity index (χ4v) is 2.34. The van der Waals surface area contributed by atoms with Gasteiger partial charge in [0.05, 0.1) is 0 Å². The molecule has 0 spiro atoms. The summed E-state index contributed by atoms with van der Waals surface area (Å²) < 4.78 is 0. The third kappa shape index (κ3) is 2.57. The van der Waals surface area contributed by atoms with Crippen LogP contribution in [0.15, 0.2) is 42.5 Å². The Balaban J connectivity index is 2.25. The summed E-state index contributed by atoms with van der Waals surface area (Å²) >= 11 is 1.85. The number of nitrogens with two attached hydrogens (primary N) is 1. The number of hydrogen-bond donors (Lipinski definition) is 1. The fraction of sp³-hybridized carbons (Fsp3) is 0.286. The highest BCUT2D eigenvalue weighted by atomic mass is 32.2. The number of hydrogen-bond acceptors (Lipinski definition) is 2. The van der Waals surface area contributed by atoms with E-state index in [9.17, 15) is 0 Å². The zero-order valence-electron chi connectivity index (χ0n) is 9.52. The summed E-state index contributed by atoms with van der Waals surface area (Å²) in [7, 11) is 0. The minimum Gasteiger partial charge on any atom is -0.324 e. The maximum Gasteiger partial charge on any atom is 0.0302 e. The van der Waals surface area contributed by atoms with E-state index >= 15 is 0 Å². The van der Waals surface area contributed by atoms with Crippen molar-refractivity contribution < 1.29 is 0 Å². The molecular weight excluding hydrogens is 214 g/mol. The van der Waals surface area contributed by atoms with Gasteiger partial charge in [-0.25, -0.2) is 0 Å². The SMILES string of the molecule is CSCCC(N)c1ccc2ccccc2c1. The first-order valence-corrected chi connectivity index (χ1v) is 6.94. The molecule has 0 aliphatic heterocycles. The van der Waals surface area contributed by atoms with Crippen LogP contribution < -0.4 is 5.73 Å². The Labute approximate surface area is 101 Å². The van der Waals surface area contributed by atoms with Gasteiger partial charge in [-0.05, 0) is 40.8 Å². The summed E-state index contributed by atoms with van der Waals surface area (Å²) in [5, 5.41) is 2.56. The second-order valence-electron chi connectivity index (χ2n) is 3.99. The lowest BCUT2D eigenvalue weighted by atomic mass is 10.0. The molecule has 0 bridgehead atoms. The van der Waals surface area contributed by atoms with E-state index in [4.69, 9.17) is 5.73 Å². The third-order valence-corrected chi connectivity index (χ3v) is 3.48. The summed E-state index contributed by atoms with van der Waals surface area (Å²) in [5.74, 6) is 1.12. The van der Waals surface area contributed by atoms with Gasteiger partial charge in [-0.2, -0.15) is 11.8 Å². The first-order chi connectivity index (χ1) is 7.81. The van der Waals surface area contributed by atoms with Crippen molar-refractivity contribution in [2.24, 2.45) is 5.73 Å². The lowest BCUT2D eigenvalue weighted by Crippen LogP contribution is -2.10. The van der Waals surface area contributed by atoms with E-state index < -0.39 is 0 Å². The standard InChI is InChI=1S/C14H17NS/c1-16-9-8-14(15)13-7-6-11-4-2-3-5-12(11)10-13/h2-7,10,14H,8-9,15H2,1H3. The summed E-state index contributed by atoms with van der Waals surface area (Å²) in [6.45, 7) is 0. The first-order valence-electron chi connectivity index (χ1n) is 5.54. The van der Waals surface area contributed by atoms with Gasteiger partial charge >= 0.3 is 0 Å². The van der Waals surface area contributed by atoms with Gasteiger partial charge in [0.1, 0.15) is 0 Å². The van der Waals surface area contributed by atoms with Gasteiger partial charge in [-0.15, -0.1) is 0 Å². The van der Waals surface area contributed by atoms with Crippen molar-refractivity contribution in [3.8, 4) is 0 Å². The van der Waals surface area contributed by atoms with Crippen molar-refractivity contribution in [2.75, 3.05) is 12.0 Å². The molecule has 16 heavy (non-hydrogen) atoms. The van der Waals surface area contributed by atoms with Crippen molar-refractivity contribution in [1.82, 2.24) is 0 Å². The van der Waals surface area contributed by atoms with Gasteiger partial charge in [0.25, 0.3) is 0 Å². The molecule has 2 N–H and O–H groups in total. The molecule has 1 nitrogen and oxygen atoms in total. The summed E-state index contributed by atoms with van der Waals surface area (Å²) in [4.78, 5) is 0. The second kappa shape index (κ2) is 5.37. The molecule has 0 radical (unpaired) electrons. The van der Waals surface area contributed by atoms with Crippen molar-refractivity contribution in [3.05, 3.63) is 48.0 Å². The number of thioether (sulfide) groups is 1. The largest absolute Gasteiger partial charge is 0.324 e. The summed E-state index contributed by atoms with van der Waals surface area (Å²) in [6, 6.07) is 15.1. The normalized spacial score (nSPS) is 12.9. The molecule has 1 atom stereocenters. The minimum atomic E-state index is 0.164. The predicted molar refractivity (Wildman–Crippen MR) is 73.9 cm³/mol. The molecule has 0 aliphatic carbocycles. The lowest BCUT2D eigenvalue weighted by Gasteiger charge is -2.12. The number of benzene rings is 2. The van der Waals surface area contributed by atoms with E-state index in [1.54, 1.807) is 0 Å². The highest BCUT2D eigenvalue weighted by Gasteiger charge is 2.05.